The number of hydrogen-bond donors (Lipinski definition) is 0. The van der Waals surface area contributed by atoms with Gasteiger partial charge in [-0.05, 0) is 12.1 Å². The summed E-state index contributed by atoms with van der Waals surface area (Å²) in [5.41, 5.74) is 0.738. The maximum absolute atomic E-state index is 8.87. The molecule has 0 aliphatic heterocycles. The summed E-state index contributed by atoms with van der Waals surface area (Å²) in [5, 5.41) is 9.32. The van der Waals surface area contributed by atoms with Crippen molar-refractivity contribution in [2.45, 2.75) is 37.7 Å². The van der Waals surface area contributed by atoms with Crippen molar-refractivity contribution in [2.75, 3.05) is 0 Å². The minimum atomic E-state index is 0.129. The van der Waals surface area contributed by atoms with E-state index in [1.54, 1.807) is 12.1 Å². The molecular formula is C15H17ClINO. The third-order valence-electron chi connectivity index (χ3n) is 3.97. The van der Waals surface area contributed by atoms with Crippen LogP contribution in [0.5, 0.6) is 5.75 Å². The Bertz CT molecular complexity index is 532. The molecule has 2 nitrogen and oxygen atoms in total. The SMILES string of the molecule is CC1(C)C(I)C(C)(C)C1Oc1ccc(C#N)c(Cl)c1. The smallest absolute Gasteiger partial charge is 0.121 e. The zero-order valence-corrected chi connectivity index (χ0v) is 14.4. The van der Waals surface area contributed by atoms with Crippen LogP contribution in [-0.2, 0) is 0 Å². The van der Waals surface area contributed by atoms with Crippen molar-refractivity contribution in [1.29, 1.82) is 5.26 Å². The summed E-state index contributed by atoms with van der Waals surface area (Å²) in [5.74, 6) is 0.735. The van der Waals surface area contributed by atoms with Crippen LogP contribution in [0.1, 0.15) is 33.3 Å². The molecule has 0 radical (unpaired) electrons. The molecule has 0 unspecified atom stereocenters. The molecule has 0 aromatic heterocycles. The van der Waals surface area contributed by atoms with Crippen LogP contribution >= 0.6 is 34.2 Å². The zero-order valence-electron chi connectivity index (χ0n) is 11.5. The van der Waals surface area contributed by atoms with Crippen LogP contribution in [0.3, 0.4) is 0 Å². The summed E-state index contributed by atoms with van der Waals surface area (Å²) in [6.07, 6.45) is 0.144. The van der Waals surface area contributed by atoms with E-state index >= 15 is 0 Å². The van der Waals surface area contributed by atoms with E-state index in [1.165, 1.54) is 0 Å². The molecule has 0 saturated heterocycles. The third-order valence-corrected chi connectivity index (χ3v) is 7.50. The first kappa shape index (κ1) is 14.9. The van der Waals surface area contributed by atoms with Crippen LogP contribution < -0.4 is 4.74 Å². The van der Waals surface area contributed by atoms with Crippen molar-refractivity contribution in [3.8, 4) is 11.8 Å². The molecule has 1 aliphatic carbocycles. The molecule has 1 aliphatic rings. The molecule has 4 heteroatoms. The Morgan fingerprint density at radius 3 is 2.32 bits per heavy atom. The highest BCUT2D eigenvalue weighted by atomic mass is 127. The van der Waals surface area contributed by atoms with Gasteiger partial charge in [-0.3, -0.25) is 0 Å². The number of ether oxygens (including phenoxy) is 1. The van der Waals surface area contributed by atoms with Gasteiger partial charge in [-0.2, -0.15) is 5.26 Å². The molecule has 2 rings (SSSR count). The summed E-state index contributed by atoms with van der Waals surface area (Å²) in [6.45, 7) is 8.91. The van der Waals surface area contributed by atoms with Crippen LogP contribution in [-0.4, -0.2) is 10.0 Å². The van der Waals surface area contributed by atoms with Crippen molar-refractivity contribution in [3.05, 3.63) is 28.8 Å². The summed E-state index contributed by atoms with van der Waals surface area (Å²) in [6, 6.07) is 7.31. The quantitative estimate of drug-likeness (QED) is 0.536. The summed E-state index contributed by atoms with van der Waals surface area (Å²) < 4.78 is 6.70. The van der Waals surface area contributed by atoms with Crippen molar-refractivity contribution in [1.82, 2.24) is 0 Å². The molecule has 0 atom stereocenters. The van der Waals surface area contributed by atoms with Crippen LogP contribution in [0.2, 0.25) is 5.02 Å². The van der Waals surface area contributed by atoms with Gasteiger partial charge in [0.05, 0.1) is 10.6 Å². The molecule has 19 heavy (non-hydrogen) atoms. The van der Waals surface area contributed by atoms with Crippen LogP contribution in [0.4, 0.5) is 0 Å². The summed E-state index contributed by atoms with van der Waals surface area (Å²) >= 11 is 8.55. The lowest BCUT2D eigenvalue weighted by Crippen LogP contribution is -2.66. The fourth-order valence-corrected chi connectivity index (χ4v) is 4.05. The number of rotatable bonds is 2. The van der Waals surface area contributed by atoms with Crippen molar-refractivity contribution < 1.29 is 4.74 Å². The van der Waals surface area contributed by atoms with E-state index in [0.717, 1.165) is 5.75 Å². The van der Waals surface area contributed by atoms with Crippen LogP contribution in [0.15, 0.2) is 18.2 Å². The van der Waals surface area contributed by atoms with Gasteiger partial charge in [0.1, 0.15) is 17.9 Å². The van der Waals surface area contributed by atoms with Crippen molar-refractivity contribution >= 4 is 34.2 Å². The van der Waals surface area contributed by atoms with E-state index in [1.807, 2.05) is 6.07 Å². The second kappa shape index (κ2) is 4.82. The normalized spacial score (nSPS) is 27.2. The molecule has 0 amide bonds. The molecule has 1 fully saturated rings. The molecule has 1 aromatic rings. The van der Waals surface area contributed by atoms with Gasteiger partial charge in [-0.25, -0.2) is 0 Å². The van der Waals surface area contributed by atoms with Gasteiger partial charge in [0.25, 0.3) is 0 Å². The highest BCUT2D eigenvalue weighted by Crippen LogP contribution is 2.59. The first-order valence-electron chi connectivity index (χ1n) is 6.21. The fourth-order valence-electron chi connectivity index (χ4n) is 3.19. The van der Waals surface area contributed by atoms with E-state index < -0.39 is 0 Å². The summed E-state index contributed by atoms with van der Waals surface area (Å²) in [7, 11) is 0. The van der Waals surface area contributed by atoms with E-state index in [9.17, 15) is 0 Å². The van der Waals surface area contributed by atoms with Gasteiger partial charge in [0.2, 0.25) is 0 Å². The standard InChI is InChI=1S/C15H17ClINO/c1-14(2)12(17)15(3,4)13(14)19-10-6-5-9(8-18)11(16)7-10/h5-7,12-13H,1-4H3. The fraction of sp³-hybridized carbons (Fsp3) is 0.533. The lowest BCUT2D eigenvalue weighted by molar-refractivity contribution is -0.118. The van der Waals surface area contributed by atoms with Gasteiger partial charge in [-0.1, -0.05) is 61.9 Å². The van der Waals surface area contributed by atoms with Crippen LogP contribution in [0.25, 0.3) is 0 Å². The molecule has 102 valence electrons. The Hall–Kier alpha value is -0.470. The van der Waals surface area contributed by atoms with Gasteiger partial charge < -0.3 is 4.74 Å². The highest BCUT2D eigenvalue weighted by molar-refractivity contribution is 14.1. The number of nitriles is 1. The molecule has 0 bridgehead atoms. The van der Waals surface area contributed by atoms with Gasteiger partial charge in [-0.15, -0.1) is 0 Å². The predicted molar refractivity (Wildman–Crippen MR) is 86.0 cm³/mol. The predicted octanol–water partition coefficient (Wildman–Crippen LogP) is 4.83. The number of hydrogen-bond acceptors (Lipinski definition) is 2. The molecule has 0 heterocycles. The van der Waals surface area contributed by atoms with Gasteiger partial charge in [0, 0.05) is 20.8 Å². The maximum Gasteiger partial charge on any atom is 0.121 e. The second-order valence-corrected chi connectivity index (χ2v) is 7.91. The number of benzene rings is 1. The minimum absolute atomic E-state index is 0.129. The Kier molecular flexibility index (Phi) is 3.79. The summed E-state index contributed by atoms with van der Waals surface area (Å²) in [4.78, 5) is 0. The topological polar surface area (TPSA) is 33.0 Å². The molecular weight excluding hydrogens is 373 g/mol. The third kappa shape index (κ3) is 2.34. The first-order valence-corrected chi connectivity index (χ1v) is 7.84. The van der Waals surface area contributed by atoms with Gasteiger partial charge in [0.15, 0.2) is 0 Å². The van der Waals surface area contributed by atoms with Crippen LogP contribution in [0, 0.1) is 22.2 Å². The average molecular weight is 390 g/mol. The number of halogens is 2. The molecule has 0 spiro atoms. The maximum atomic E-state index is 8.87. The Balaban J connectivity index is 2.23. The Labute approximate surface area is 133 Å². The molecule has 0 N–H and O–H groups in total. The average Bonchev–Trinajstić information content (AvgIpc) is 2.34. The monoisotopic (exact) mass is 389 g/mol. The van der Waals surface area contributed by atoms with Crippen molar-refractivity contribution in [2.24, 2.45) is 10.8 Å². The lowest BCUT2D eigenvalue weighted by Gasteiger charge is -2.61. The van der Waals surface area contributed by atoms with E-state index in [-0.39, 0.29) is 16.9 Å². The minimum Gasteiger partial charge on any atom is -0.489 e. The van der Waals surface area contributed by atoms with E-state index in [2.05, 4.69) is 56.4 Å². The lowest BCUT2D eigenvalue weighted by atomic mass is 9.53. The van der Waals surface area contributed by atoms with Crippen molar-refractivity contribution in [3.63, 3.8) is 0 Å². The second-order valence-electron chi connectivity index (χ2n) is 6.26. The largest absolute Gasteiger partial charge is 0.489 e. The molecule has 1 saturated carbocycles. The molecule has 1 aromatic carbocycles. The number of alkyl halides is 1. The number of nitrogens with zero attached hydrogens (tertiary/aromatic N) is 1. The van der Waals surface area contributed by atoms with E-state index in [4.69, 9.17) is 21.6 Å². The van der Waals surface area contributed by atoms with E-state index in [0.29, 0.717) is 14.5 Å². The first-order chi connectivity index (χ1) is 8.71. The van der Waals surface area contributed by atoms with Gasteiger partial charge >= 0.3 is 0 Å². The Morgan fingerprint density at radius 1 is 1.26 bits per heavy atom. The zero-order chi connectivity index (χ0) is 14.4. The highest BCUT2D eigenvalue weighted by Gasteiger charge is 2.62. The Morgan fingerprint density at radius 2 is 1.84 bits per heavy atom.